The second-order valence-corrected chi connectivity index (χ2v) is 5.39. The van der Waals surface area contributed by atoms with Crippen molar-refractivity contribution in [2.75, 3.05) is 17.3 Å². The van der Waals surface area contributed by atoms with Crippen LogP contribution in [0, 0.1) is 0 Å². The summed E-state index contributed by atoms with van der Waals surface area (Å²) in [7, 11) is 0.760. The van der Waals surface area contributed by atoms with Gasteiger partial charge in [0.25, 0.3) is 0 Å². The maximum Gasteiger partial charge on any atom is 0.108 e. The van der Waals surface area contributed by atoms with E-state index in [-0.39, 0.29) is 0 Å². The van der Waals surface area contributed by atoms with Gasteiger partial charge in [-0.1, -0.05) is 13.3 Å². The molecule has 62 valence electrons. The Balaban J connectivity index is 3.09. The van der Waals surface area contributed by atoms with Gasteiger partial charge in [0.15, 0.2) is 0 Å². The van der Waals surface area contributed by atoms with Crippen molar-refractivity contribution in [2.24, 2.45) is 0 Å². The quantitative estimate of drug-likeness (QED) is 0.415. The summed E-state index contributed by atoms with van der Waals surface area (Å²) in [5, 5.41) is 0. The first-order valence-corrected chi connectivity index (χ1v) is 6.22. The lowest BCUT2D eigenvalue weighted by atomic mass is 10.3. The molecule has 0 rings (SSSR count). The Morgan fingerprint density at radius 3 is 1.90 bits per heavy atom. The molecule has 0 saturated carbocycles. The molecule has 0 aliphatic carbocycles. The van der Waals surface area contributed by atoms with Crippen LogP contribution < -0.4 is 0 Å². The molecule has 0 bridgehead atoms. The van der Waals surface area contributed by atoms with Gasteiger partial charge in [-0.05, 0) is 37.6 Å². The predicted molar refractivity (Wildman–Crippen MR) is 52.8 cm³/mol. The molecule has 0 amide bonds. The highest BCUT2D eigenvalue weighted by Crippen LogP contribution is 2.02. The van der Waals surface area contributed by atoms with Crippen LogP contribution in [0.15, 0.2) is 0 Å². The van der Waals surface area contributed by atoms with Gasteiger partial charge in [-0.15, -0.1) is 0 Å². The lowest BCUT2D eigenvalue weighted by molar-refractivity contribution is 0.776. The molecule has 0 aliphatic heterocycles. The van der Waals surface area contributed by atoms with E-state index in [1.165, 1.54) is 36.5 Å². The lowest BCUT2D eigenvalue weighted by Gasteiger charge is -2.01. The summed E-state index contributed by atoms with van der Waals surface area (Å²) in [5.74, 6) is 4.29. The summed E-state index contributed by atoms with van der Waals surface area (Å²) < 4.78 is 0. The highest BCUT2D eigenvalue weighted by atomic mass is 32.2. The molecular weight excluding hydrogens is 140 g/mol. The molecule has 0 atom stereocenters. The Morgan fingerprint density at radius 1 is 0.900 bits per heavy atom. The smallest absolute Gasteiger partial charge is 0.0654 e. The minimum Gasteiger partial charge on any atom is -0.0654 e. The minimum atomic E-state index is 0.760. The molecule has 1 heteroatoms. The monoisotopic (exact) mass is 161 g/mol. The summed E-state index contributed by atoms with van der Waals surface area (Å²) in [4.78, 5) is 0. The van der Waals surface area contributed by atoms with Crippen LogP contribution in [0.5, 0.6) is 0 Å². The van der Waals surface area contributed by atoms with Crippen LogP contribution in [0.4, 0.5) is 0 Å². The molecule has 0 unspecified atom stereocenters. The molecule has 0 heterocycles. The molecule has 0 aromatic rings. The number of hydrogen-bond donors (Lipinski definition) is 0. The molecule has 0 fully saturated rings. The van der Waals surface area contributed by atoms with Crippen LogP contribution in [-0.2, 0) is 10.9 Å². The van der Waals surface area contributed by atoms with Crippen molar-refractivity contribution in [3.8, 4) is 0 Å². The summed E-state index contributed by atoms with van der Waals surface area (Å²) in [5.41, 5.74) is 0. The molecule has 0 aliphatic rings. The first-order valence-electron chi connectivity index (χ1n) is 4.49. The average Bonchev–Trinajstić information content (AvgIpc) is 1.99. The van der Waals surface area contributed by atoms with E-state index in [0.29, 0.717) is 0 Å². The van der Waals surface area contributed by atoms with Crippen LogP contribution >= 0.6 is 0 Å². The van der Waals surface area contributed by atoms with E-state index in [1.54, 1.807) is 0 Å². The van der Waals surface area contributed by atoms with E-state index in [1.807, 2.05) is 0 Å². The van der Waals surface area contributed by atoms with Crippen molar-refractivity contribution in [2.45, 2.75) is 40.0 Å². The summed E-state index contributed by atoms with van der Waals surface area (Å²) in [6, 6.07) is 0. The fourth-order valence-corrected chi connectivity index (χ4v) is 2.65. The molecule has 0 nitrogen and oxygen atoms in total. The third-order valence-electron chi connectivity index (χ3n) is 1.85. The van der Waals surface area contributed by atoms with Gasteiger partial charge in [0.1, 0.15) is 17.3 Å². The maximum atomic E-state index is 2.32. The van der Waals surface area contributed by atoms with Gasteiger partial charge in [-0.3, -0.25) is 0 Å². The zero-order valence-corrected chi connectivity index (χ0v) is 8.47. The molecule has 0 radical (unpaired) electrons. The summed E-state index contributed by atoms with van der Waals surface area (Å²) >= 11 is 0. The molecule has 0 aromatic carbocycles. The molecular formula is C9H21S+. The van der Waals surface area contributed by atoms with Gasteiger partial charge in [0, 0.05) is 0 Å². The average molecular weight is 161 g/mol. The standard InChI is InChI=1S/C9H21S/c1-4-7-8-9-10(5-2)6-3/h4-9H2,1-3H3/q+1. The van der Waals surface area contributed by atoms with Gasteiger partial charge >= 0.3 is 0 Å². The SMILES string of the molecule is CCCCC[S+](CC)CC. The van der Waals surface area contributed by atoms with Crippen molar-refractivity contribution in [1.29, 1.82) is 0 Å². The van der Waals surface area contributed by atoms with Crippen molar-refractivity contribution in [1.82, 2.24) is 0 Å². The van der Waals surface area contributed by atoms with Crippen LogP contribution in [-0.4, -0.2) is 17.3 Å². The number of hydrogen-bond acceptors (Lipinski definition) is 0. The highest BCUT2D eigenvalue weighted by molar-refractivity contribution is 7.96. The van der Waals surface area contributed by atoms with Crippen LogP contribution in [0.3, 0.4) is 0 Å². The van der Waals surface area contributed by atoms with Crippen molar-refractivity contribution in [3.05, 3.63) is 0 Å². The molecule has 10 heavy (non-hydrogen) atoms. The van der Waals surface area contributed by atoms with Crippen LogP contribution in [0.2, 0.25) is 0 Å². The zero-order chi connectivity index (χ0) is 7.82. The Hall–Kier alpha value is 0.350. The third-order valence-corrected chi connectivity index (χ3v) is 4.35. The van der Waals surface area contributed by atoms with E-state index in [0.717, 1.165) is 10.9 Å². The topological polar surface area (TPSA) is 0 Å². The van der Waals surface area contributed by atoms with Gasteiger partial charge in [0.05, 0.1) is 0 Å². The molecule has 0 N–H and O–H groups in total. The maximum absolute atomic E-state index is 2.32. The first kappa shape index (κ1) is 10.3. The van der Waals surface area contributed by atoms with Gasteiger partial charge in [0.2, 0.25) is 0 Å². The fourth-order valence-electron chi connectivity index (χ4n) is 1.05. The largest absolute Gasteiger partial charge is 0.108 e. The molecule has 0 aromatic heterocycles. The van der Waals surface area contributed by atoms with E-state index in [2.05, 4.69) is 20.8 Å². The normalized spacial score (nSPS) is 10.8. The summed E-state index contributed by atoms with van der Waals surface area (Å²) in [6.45, 7) is 6.91. The second kappa shape index (κ2) is 7.46. The van der Waals surface area contributed by atoms with Crippen LogP contribution in [0.1, 0.15) is 40.0 Å². The van der Waals surface area contributed by atoms with Crippen molar-refractivity contribution < 1.29 is 0 Å². The number of unbranched alkanes of at least 4 members (excludes halogenated alkanes) is 2. The molecule has 0 saturated heterocycles. The van der Waals surface area contributed by atoms with Crippen molar-refractivity contribution >= 4 is 10.9 Å². The number of rotatable bonds is 6. The van der Waals surface area contributed by atoms with E-state index in [9.17, 15) is 0 Å². The Labute approximate surface area is 68.7 Å². The predicted octanol–water partition coefficient (Wildman–Crippen LogP) is 2.83. The fraction of sp³-hybridized carbons (Fsp3) is 1.00. The Kier molecular flexibility index (Phi) is 7.72. The van der Waals surface area contributed by atoms with Crippen molar-refractivity contribution in [3.63, 3.8) is 0 Å². The van der Waals surface area contributed by atoms with Gasteiger partial charge in [-0.2, -0.15) is 0 Å². The molecule has 0 spiro atoms. The zero-order valence-electron chi connectivity index (χ0n) is 7.65. The first-order chi connectivity index (χ1) is 4.85. The van der Waals surface area contributed by atoms with Crippen LogP contribution in [0.25, 0.3) is 0 Å². The second-order valence-electron chi connectivity index (χ2n) is 2.60. The van der Waals surface area contributed by atoms with E-state index < -0.39 is 0 Å². The summed E-state index contributed by atoms with van der Waals surface area (Å²) in [6.07, 6.45) is 4.26. The van der Waals surface area contributed by atoms with E-state index >= 15 is 0 Å². The minimum absolute atomic E-state index is 0.760. The Bertz CT molecular complexity index is 57.7. The Morgan fingerprint density at radius 2 is 1.50 bits per heavy atom. The highest BCUT2D eigenvalue weighted by Gasteiger charge is 2.09. The lowest BCUT2D eigenvalue weighted by Crippen LogP contribution is -2.12. The van der Waals surface area contributed by atoms with Gasteiger partial charge < -0.3 is 0 Å². The third kappa shape index (κ3) is 5.16. The van der Waals surface area contributed by atoms with Gasteiger partial charge in [-0.25, -0.2) is 0 Å². The van der Waals surface area contributed by atoms with E-state index in [4.69, 9.17) is 0 Å².